The van der Waals surface area contributed by atoms with Crippen molar-refractivity contribution in [3.8, 4) is 0 Å². The first-order chi connectivity index (χ1) is 9.92. The number of rotatable bonds is 7. The van der Waals surface area contributed by atoms with E-state index in [2.05, 4.69) is 5.32 Å². The minimum atomic E-state index is -3.59. The van der Waals surface area contributed by atoms with Crippen molar-refractivity contribution in [3.05, 3.63) is 11.6 Å². The van der Waals surface area contributed by atoms with E-state index in [1.54, 1.807) is 20.8 Å². The van der Waals surface area contributed by atoms with Crippen LogP contribution in [0.4, 0.5) is 4.79 Å². The third-order valence-corrected chi connectivity index (χ3v) is 4.12. The molecule has 0 aliphatic carbocycles. The van der Waals surface area contributed by atoms with Crippen LogP contribution in [0.5, 0.6) is 0 Å². The number of hydrogen-bond donors (Lipinski definition) is 1. The van der Waals surface area contributed by atoms with Gasteiger partial charge in [0.2, 0.25) is 0 Å². The molecular weight excluding hydrogens is 309 g/mol. The van der Waals surface area contributed by atoms with E-state index < -0.39 is 31.1 Å². The Morgan fingerprint density at radius 2 is 1.77 bits per heavy atom. The summed E-state index contributed by atoms with van der Waals surface area (Å²) in [6.45, 7) is 8.98. The van der Waals surface area contributed by atoms with Gasteiger partial charge in [0.25, 0.3) is 0 Å². The highest BCUT2D eigenvalue weighted by Gasteiger charge is 2.23. The van der Waals surface area contributed by atoms with E-state index in [1.807, 2.05) is 13.8 Å². The van der Waals surface area contributed by atoms with Crippen molar-refractivity contribution in [3.63, 3.8) is 0 Å². The first-order valence-electron chi connectivity index (χ1n) is 7.03. The van der Waals surface area contributed by atoms with E-state index in [9.17, 15) is 14.5 Å². The molecule has 1 atom stereocenters. The summed E-state index contributed by atoms with van der Waals surface area (Å²) in [4.78, 5) is 11.8. The van der Waals surface area contributed by atoms with Crippen LogP contribution in [0.1, 0.15) is 41.0 Å². The second-order valence-electron chi connectivity index (χ2n) is 6.26. The summed E-state index contributed by atoms with van der Waals surface area (Å²) in [5.41, 5.74) is -0.673. The van der Waals surface area contributed by atoms with Gasteiger partial charge in [0.05, 0.1) is 0 Å². The first kappa shape index (κ1) is 21.0. The molecule has 130 valence electrons. The van der Waals surface area contributed by atoms with Gasteiger partial charge >= 0.3 is 13.7 Å². The molecule has 0 aromatic rings. The minimum absolute atomic E-state index is 0.141. The maximum Gasteiger partial charge on any atom is 0.408 e. The molecule has 8 heteroatoms. The maximum absolute atomic E-state index is 12.3. The van der Waals surface area contributed by atoms with Crippen LogP contribution in [0.3, 0.4) is 0 Å². The Morgan fingerprint density at radius 3 is 2.14 bits per heavy atom. The topological polar surface area (TPSA) is 96.9 Å². The monoisotopic (exact) mass is 336 g/mol. The van der Waals surface area contributed by atoms with Crippen molar-refractivity contribution >= 4 is 13.7 Å². The van der Waals surface area contributed by atoms with Crippen molar-refractivity contribution in [2.45, 2.75) is 52.7 Å². The van der Waals surface area contributed by atoms with Crippen molar-refractivity contribution in [2.24, 2.45) is 5.92 Å². The van der Waals surface area contributed by atoms with Gasteiger partial charge in [-0.1, -0.05) is 13.8 Å². The molecule has 0 saturated heterocycles. The first-order valence-corrected chi connectivity index (χ1v) is 8.64. The molecule has 22 heavy (non-hydrogen) atoms. The molecule has 1 N–H and O–H groups in total. The molecule has 0 unspecified atom stereocenters. The third kappa shape index (κ3) is 8.41. The molecule has 0 aromatic carbocycles. The fraction of sp³-hybridized carbons (Fsp3) is 0.786. The highest BCUT2D eigenvalue weighted by atomic mass is 31.2. The largest absolute Gasteiger partial charge is 0.874 e. The van der Waals surface area contributed by atoms with Crippen LogP contribution in [0, 0.1) is 5.92 Å². The predicted octanol–water partition coefficient (Wildman–Crippen LogP) is 2.61. The number of amides is 1. The predicted molar refractivity (Wildman–Crippen MR) is 82.3 cm³/mol. The fourth-order valence-corrected chi connectivity index (χ4v) is 2.44. The van der Waals surface area contributed by atoms with Gasteiger partial charge in [-0.2, -0.15) is 0 Å². The van der Waals surface area contributed by atoms with Crippen LogP contribution in [-0.2, 0) is 18.3 Å². The number of hydrogen-bond acceptors (Lipinski definition) is 6. The highest BCUT2D eigenvalue weighted by Crippen LogP contribution is 2.48. The van der Waals surface area contributed by atoms with Crippen molar-refractivity contribution in [1.82, 2.24) is 5.32 Å². The molecule has 0 aliphatic rings. The lowest BCUT2D eigenvalue weighted by atomic mass is 10.0. The van der Waals surface area contributed by atoms with E-state index in [4.69, 9.17) is 13.8 Å². The van der Waals surface area contributed by atoms with E-state index in [1.165, 1.54) is 14.2 Å². The third-order valence-electron chi connectivity index (χ3n) is 2.54. The summed E-state index contributed by atoms with van der Waals surface area (Å²) in [7, 11) is -1.21. The van der Waals surface area contributed by atoms with Crippen LogP contribution >= 0.6 is 7.60 Å². The van der Waals surface area contributed by atoms with Crippen LogP contribution in [0.25, 0.3) is 0 Å². The Hall–Kier alpha value is -1.04. The van der Waals surface area contributed by atoms with Crippen LogP contribution in [0.15, 0.2) is 11.6 Å². The van der Waals surface area contributed by atoms with Crippen molar-refractivity contribution in [2.75, 3.05) is 14.2 Å². The van der Waals surface area contributed by atoms with Gasteiger partial charge in [0.1, 0.15) is 5.60 Å². The smallest absolute Gasteiger partial charge is 0.408 e. The second kappa shape index (κ2) is 8.56. The van der Waals surface area contributed by atoms with E-state index >= 15 is 0 Å². The van der Waals surface area contributed by atoms with Crippen LogP contribution in [-0.4, -0.2) is 32.0 Å². The fourth-order valence-electron chi connectivity index (χ4n) is 1.59. The summed E-state index contributed by atoms with van der Waals surface area (Å²) in [5.74, 6) is 0.491. The van der Waals surface area contributed by atoms with Crippen molar-refractivity contribution < 1.29 is 28.3 Å². The van der Waals surface area contributed by atoms with Gasteiger partial charge < -0.3 is 24.2 Å². The van der Waals surface area contributed by atoms with Crippen molar-refractivity contribution in [1.29, 1.82) is 0 Å². The molecule has 0 radical (unpaired) electrons. The Bertz CT molecular complexity index is 433. The van der Waals surface area contributed by atoms with E-state index in [-0.39, 0.29) is 5.92 Å². The zero-order chi connectivity index (χ0) is 17.6. The lowest BCUT2D eigenvalue weighted by Gasteiger charge is -2.29. The Labute approximate surface area is 132 Å². The molecule has 0 saturated carbocycles. The lowest BCUT2D eigenvalue weighted by Crippen LogP contribution is -2.43. The molecule has 7 nitrogen and oxygen atoms in total. The molecule has 0 bridgehead atoms. The number of ether oxygens (including phenoxy) is 1. The molecule has 0 spiro atoms. The van der Waals surface area contributed by atoms with E-state index in [0.717, 1.165) is 5.82 Å². The zero-order valence-corrected chi connectivity index (χ0v) is 15.2. The number of carbonyl (C=O) groups excluding carboxylic acids is 1. The van der Waals surface area contributed by atoms with Gasteiger partial charge in [-0.25, -0.2) is 4.79 Å². The average Bonchev–Trinajstić information content (AvgIpc) is 2.34. The normalized spacial score (nSPS) is 14.8. The molecule has 0 fully saturated rings. The maximum atomic E-state index is 12.3. The number of carbonyl (C=O) groups is 1. The van der Waals surface area contributed by atoms with Gasteiger partial charge in [-0.15, -0.1) is 5.76 Å². The highest BCUT2D eigenvalue weighted by molar-refractivity contribution is 7.57. The van der Waals surface area contributed by atoms with Gasteiger partial charge in [0, 0.05) is 26.1 Å². The Kier molecular flexibility index (Phi) is 8.15. The molecule has 0 rings (SSSR count). The van der Waals surface area contributed by atoms with E-state index in [0.29, 0.717) is 6.42 Å². The Morgan fingerprint density at radius 1 is 1.27 bits per heavy atom. The molecular formula is C14H27NO6P-. The molecule has 0 aromatic heterocycles. The summed E-state index contributed by atoms with van der Waals surface area (Å²) < 4.78 is 26.6. The average molecular weight is 336 g/mol. The van der Waals surface area contributed by atoms with Gasteiger partial charge in [-0.3, -0.25) is 4.57 Å². The Balaban J connectivity index is 5.17. The van der Waals surface area contributed by atoms with Gasteiger partial charge in [0.15, 0.2) is 0 Å². The summed E-state index contributed by atoms with van der Waals surface area (Å²) in [6.07, 6.45) is -0.327. The standard InChI is InChI=1S/C14H28NO6P/c1-10(2)8-11(15-13(17)21-14(3,4)5)12(16)9-22(18,19-6)20-7/h9-11,16H,8H2,1-7H3,(H,15,17)/p-1/b12-9-/t11-/m0/s1. The number of alkyl carbamates (subject to hydrolysis) is 1. The molecule has 0 heterocycles. The summed E-state index contributed by atoms with van der Waals surface area (Å²) in [6, 6.07) is -0.853. The summed E-state index contributed by atoms with van der Waals surface area (Å²) in [5, 5.41) is 14.8. The SMILES string of the molecule is COP(=O)(/C=C(\[O-])[C@H](CC(C)C)NC(=O)OC(C)(C)C)OC. The van der Waals surface area contributed by atoms with Gasteiger partial charge in [-0.05, 0) is 33.1 Å². The summed E-state index contributed by atoms with van der Waals surface area (Å²) >= 11 is 0. The van der Waals surface area contributed by atoms with Crippen LogP contribution < -0.4 is 10.4 Å². The minimum Gasteiger partial charge on any atom is -0.874 e. The second-order valence-corrected chi connectivity index (χ2v) is 8.33. The lowest BCUT2D eigenvalue weighted by molar-refractivity contribution is -0.310. The quantitative estimate of drug-likeness (QED) is 0.567. The zero-order valence-electron chi connectivity index (χ0n) is 14.3. The number of nitrogens with one attached hydrogen (secondary N) is 1. The molecule has 0 aliphatic heterocycles. The molecule has 1 amide bonds. The van der Waals surface area contributed by atoms with Crippen LogP contribution in [0.2, 0.25) is 0 Å².